The van der Waals surface area contributed by atoms with Gasteiger partial charge in [0, 0.05) is 12.6 Å². The second-order valence-electron chi connectivity index (χ2n) is 6.57. The monoisotopic (exact) mass is 409 g/mol. The van der Waals surface area contributed by atoms with Gasteiger partial charge in [0.15, 0.2) is 6.61 Å². The molecule has 0 bridgehead atoms. The molecule has 0 aliphatic rings. The summed E-state index contributed by atoms with van der Waals surface area (Å²) in [5, 5.41) is 0.361. The molecule has 1 aromatic carbocycles. The minimum atomic E-state index is -3.98. The van der Waals surface area contributed by atoms with E-state index < -0.39 is 26.0 Å². The lowest BCUT2D eigenvalue weighted by Crippen LogP contribution is -2.26. The summed E-state index contributed by atoms with van der Waals surface area (Å²) in [5.74, 6) is -1.63. The first-order valence-corrected chi connectivity index (χ1v) is 10.2. The zero-order chi connectivity index (χ0) is 20.4. The Hall–Kier alpha value is -1.11. The van der Waals surface area contributed by atoms with Gasteiger partial charge in [0.2, 0.25) is 5.85 Å². The maximum Gasteiger partial charge on any atom is 0.368 e. The summed E-state index contributed by atoms with van der Waals surface area (Å²) in [6.45, 7) is 7.29. The third-order valence-electron chi connectivity index (χ3n) is 2.61. The summed E-state index contributed by atoms with van der Waals surface area (Å²) in [4.78, 5) is 21.3. The van der Waals surface area contributed by atoms with Gasteiger partial charge in [0.1, 0.15) is 5.75 Å². The average molecular weight is 410 g/mol. The Kier molecular flexibility index (Phi) is 11.1. The van der Waals surface area contributed by atoms with Crippen LogP contribution in [0.1, 0.15) is 40.5 Å². The topological polar surface area (TPSA) is 108 Å². The lowest BCUT2D eigenvalue weighted by atomic mass is 10.1. The van der Waals surface area contributed by atoms with Crippen molar-refractivity contribution in [2.24, 2.45) is 5.73 Å². The van der Waals surface area contributed by atoms with Crippen molar-refractivity contribution in [2.75, 3.05) is 13.7 Å². The van der Waals surface area contributed by atoms with Crippen molar-refractivity contribution in [3.05, 3.63) is 29.3 Å². The van der Waals surface area contributed by atoms with Crippen LogP contribution in [0.25, 0.3) is 0 Å². The van der Waals surface area contributed by atoms with Gasteiger partial charge in [0.05, 0.1) is 5.02 Å². The summed E-state index contributed by atoms with van der Waals surface area (Å²) in [7, 11) is -2.89. The fourth-order valence-electron chi connectivity index (χ4n) is 1.54. The van der Waals surface area contributed by atoms with E-state index in [1.54, 1.807) is 31.2 Å². The van der Waals surface area contributed by atoms with Gasteiger partial charge in [-0.1, -0.05) is 37.1 Å². The molecule has 0 saturated carbocycles. The van der Waals surface area contributed by atoms with Crippen molar-refractivity contribution >= 4 is 25.2 Å². The summed E-state index contributed by atoms with van der Waals surface area (Å²) in [6, 6.07) is 6.66. The Morgan fingerprint density at radius 2 is 1.88 bits per heavy atom. The largest absolute Gasteiger partial charge is 0.480 e. The highest BCUT2D eigenvalue weighted by Crippen LogP contribution is 2.49. The van der Waals surface area contributed by atoms with E-state index in [4.69, 9.17) is 26.8 Å². The van der Waals surface area contributed by atoms with E-state index in [9.17, 15) is 14.3 Å². The molecule has 0 heterocycles. The zero-order valence-electron chi connectivity index (χ0n) is 15.9. The molecule has 2 unspecified atom stereocenters. The maximum atomic E-state index is 11.7. The van der Waals surface area contributed by atoms with Crippen LogP contribution in [-0.4, -0.2) is 36.0 Å². The van der Waals surface area contributed by atoms with E-state index in [0.29, 0.717) is 17.2 Å². The highest BCUT2D eigenvalue weighted by molar-refractivity contribution is 7.53. The van der Waals surface area contributed by atoms with E-state index in [1.807, 2.05) is 20.8 Å². The van der Waals surface area contributed by atoms with Crippen molar-refractivity contribution in [2.45, 2.75) is 51.9 Å². The molecule has 7 nitrogen and oxygen atoms in total. The van der Waals surface area contributed by atoms with Crippen LogP contribution in [0.4, 0.5) is 0 Å². The van der Waals surface area contributed by atoms with Crippen molar-refractivity contribution in [3.8, 4) is 5.75 Å². The number of nitrogens with two attached hydrogens (primary N) is 1. The number of rotatable bonds is 8. The van der Waals surface area contributed by atoms with E-state index in [1.165, 1.54) is 0 Å². The molecule has 0 amide bonds. The van der Waals surface area contributed by atoms with Gasteiger partial charge in [-0.2, -0.15) is 0 Å². The molecule has 2 atom stereocenters. The molecule has 0 aromatic heterocycles. The van der Waals surface area contributed by atoms with Crippen molar-refractivity contribution in [1.82, 2.24) is 0 Å². The first kappa shape index (κ1) is 24.9. The Balaban J connectivity index is 0.00000110. The second-order valence-corrected chi connectivity index (χ2v) is 9.04. The molecule has 0 aliphatic heterocycles. The minimum Gasteiger partial charge on any atom is -0.480 e. The number of hydrogen-bond acceptors (Lipinski definition) is 6. The van der Waals surface area contributed by atoms with Crippen LogP contribution in [0, 0.1) is 0 Å². The Bertz CT molecular complexity index is 599. The Morgan fingerprint density at radius 3 is 2.35 bits per heavy atom. The SMILES string of the molecule is CC(C)(C)N.CCCC(OC(=O)COc1ccccc1Cl)P(=O)(O)OC. The molecule has 26 heavy (non-hydrogen) atoms. The van der Waals surface area contributed by atoms with Gasteiger partial charge in [-0.05, 0) is 39.3 Å². The molecule has 0 fully saturated rings. The quantitative estimate of drug-likeness (QED) is 0.494. The predicted octanol–water partition coefficient (Wildman–Crippen LogP) is 3.96. The number of halogens is 1. The van der Waals surface area contributed by atoms with Gasteiger partial charge in [-0.25, -0.2) is 4.79 Å². The number of carbonyl (C=O) groups excluding carboxylic acids is 1. The highest BCUT2D eigenvalue weighted by Gasteiger charge is 2.34. The van der Waals surface area contributed by atoms with Crippen molar-refractivity contribution in [1.29, 1.82) is 0 Å². The molecule has 9 heteroatoms. The molecule has 0 aliphatic carbocycles. The van der Waals surface area contributed by atoms with E-state index in [-0.39, 0.29) is 12.0 Å². The lowest BCUT2D eigenvalue weighted by molar-refractivity contribution is -0.148. The smallest absolute Gasteiger partial charge is 0.368 e. The van der Waals surface area contributed by atoms with Crippen LogP contribution < -0.4 is 10.5 Å². The predicted molar refractivity (Wildman–Crippen MR) is 103 cm³/mol. The summed E-state index contributed by atoms with van der Waals surface area (Å²) in [6.07, 6.45) is 0.788. The standard InChI is InChI=1S/C13H18ClO6P.C4H11N/c1-3-6-13(21(16,17)18-2)20-12(15)9-19-11-8-5-4-7-10(11)14;1-4(2,3)5/h4-5,7-8,13H,3,6,9H2,1-2H3,(H,16,17);5H2,1-3H3. The number of ether oxygens (including phenoxy) is 2. The van der Waals surface area contributed by atoms with Crippen LogP contribution in [0.3, 0.4) is 0 Å². The first-order chi connectivity index (χ1) is 11.9. The van der Waals surface area contributed by atoms with Crippen LogP contribution in [-0.2, 0) is 18.6 Å². The van der Waals surface area contributed by atoms with Gasteiger partial charge in [-0.3, -0.25) is 4.57 Å². The number of para-hydroxylation sites is 1. The van der Waals surface area contributed by atoms with E-state index in [2.05, 4.69) is 4.52 Å². The molecule has 1 rings (SSSR count). The molecule has 150 valence electrons. The molecule has 0 saturated heterocycles. The minimum absolute atomic E-state index is 0. The average Bonchev–Trinajstić information content (AvgIpc) is 2.52. The Morgan fingerprint density at radius 1 is 1.35 bits per heavy atom. The normalized spacial score (nSPS) is 14.5. The zero-order valence-corrected chi connectivity index (χ0v) is 17.5. The fraction of sp³-hybridized carbons (Fsp3) is 0.588. The van der Waals surface area contributed by atoms with Gasteiger partial charge in [-0.15, -0.1) is 0 Å². The number of carbonyl (C=O) groups is 1. The fourth-order valence-corrected chi connectivity index (χ4v) is 2.80. The second kappa shape index (κ2) is 11.6. The molecule has 3 N–H and O–H groups in total. The Labute approximate surface area is 160 Å². The highest BCUT2D eigenvalue weighted by atomic mass is 35.5. The number of benzene rings is 1. The third-order valence-corrected chi connectivity index (χ3v) is 4.54. The molecule has 0 spiro atoms. The number of esters is 1. The van der Waals surface area contributed by atoms with E-state index >= 15 is 0 Å². The maximum absolute atomic E-state index is 11.7. The molecule has 1 aromatic rings. The van der Waals surface area contributed by atoms with Gasteiger partial charge < -0.3 is 24.6 Å². The molecular weight excluding hydrogens is 381 g/mol. The molecular formula is C17H29ClNO6P. The van der Waals surface area contributed by atoms with Crippen LogP contribution >= 0.6 is 19.2 Å². The number of hydrogen-bond donors (Lipinski definition) is 2. The van der Waals surface area contributed by atoms with Crippen LogP contribution in [0.15, 0.2) is 24.3 Å². The van der Waals surface area contributed by atoms with Crippen LogP contribution in [0.2, 0.25) is 5.02 Å². The van der Waals surface area contributed by atoms with E-state index in [0.717, 1.165) is 7.11 Å². The van der Waals surface area contributed by atoms with Gasteiger partial charge in [0.25, 0.3) is 0 Å². The molecule has 0 radical (unpaired) electrons. The summed E-state index contributed by atoms with van der Waals surface area (Å²) < 4.78 is 26.4. The summed E-state index contributed by atoms with van der Waals surface area (Å²) >= 11 is 5.88. The van der Waals surface area contributed by atoms with Crippen LogP contribution in [0.5, 0.6) is 5.75 Å². The third kappa shape index (κ3) is 11.5. The summed E-state index contributed by atoms with van der Waals surface area (Å²) in [5.41, 5.74) is 5.35. The first-order valence-electron chi connectivity index (χ1n) is 8.14. The van der Waals surface area contributed by atoms with Crippen molar-refractivity contribution < 1.29 is 28.3 Å². The van der Waals surface area contributed by atoms with Crippen molar-refractivity contribution in [3.63, 3.8) is 0 Å². The lowest BCUT2D eigenvalue weighted by Gasteiger charge is -2.21. The van der Waals surface area contributed by atoms with Gasteiger partial charge >= 0.3 is 13.6 Å².